The van der Waals surface area contributed by atoms with Gasteiger partial charge in [0.1, 0.15) is 11.3 Å². The van der Waals surface area contributed by atoms with Crippen LogP contribution in [0.2, 0.25) is 0 Å². The highest BCUT2D eigenvalue weighted by molar-refractivity contribution is 6.37. The molecule has 2 aliphatic heterocycles. The van der Waals surface area contributed by atoms with Crippen molar-refractivity contribution in [2.75, 3.05) is 43.9 Å². The number of fused-ring (bicyclic) bond motifs is 3. The smallest absolute Gasteiger partial charge is 0.256 e. The van der Waals surface area contributed by atoms with Gasteiger partial charge in [-0.3, -0.25) is 4.79 Å². The van der Waals surface area contributed by atoms with Crippen LogP contribution in [-0.2, 0) is 4.79 Å². The lowest BCUT2D eigenvalue weighted by molar-refractivity contribution is -0.110. The molecule has 2 aliphatic rings. The van der Waals surface area contributed by atoms with Gasteiger partial charge in [-0.15, -0.1) is 0 Å². The number of aromatic amines is 2. The first-order valence-electron chi connectivity index (χ1n) is 10.5. The van der Waals surface area contributed by atoms with Gasteiger partial charge in [-0.2, -0.15) is 0 Å². The van der Waals surface area contributed by atoms with Crippen molar-refractivity contribution in [2.45, 2.75) is 19.3 Å². The third-order valence-electron chi connectivity index (χ3n) is 5.83. The summed E-state index contributed by atoms with van der Waals surface area (Å²) in [6.45, 7) is 4.20. The van der Waals surface area contributed by atoms with Crippen molar-refractivity contribution in [3.8, 4) is 5.75 Å². The Hall–Kier alpha value is -3.26. The molecule has 0 atom stereocenters. The lowest BCUT2D eigenvalue weighted by Gasteiger charge is -2.26. The first kappa shape index (κ1) is 18.7. The molecule has 3 aromatic rings. The van der Waals surface area contributed by atoms with Crippen molar-refractivity contribution < 1.29 is 9.53 Å². The Bertz CT molecular complexity index is 1110. The van der Waals surface area contributed by atoms with Crippen LogP contribution >= 0.6 is 0 Å². The zero-order chi connectivity index (χ0) is 20.5. The van der Waals surface area contributed by atoms with Gasteiger partial charge < -0.3 is 30.2 Å². The zero-order valence-corrected chi connectivity index (χ0v) is 17.0. The van der Waals surface area contributed by atoms with Crippen LogP contribution in [0.4, 0.5) is 11.6 Å². The number of benzene rings is 1. The number of imidazole rings is 1. The number of ether oxygens (including phenoxy) is 1. The number of carbonyl (C=O) groups excluding carboxylic acids is 1. The van der Waals surface area contributed by atoms with Gasteiger partial charge in [-0.05, 0) is 50.2 Å². The lowest BCUT2D eigenvalue weighted by Crippen LogP contribution is -2.33. The van der Waals surface area contributed by atoms with E-state index in [1.54, 1.807) is 13.3 Å². The molecule has 0 unspecified atom stereocenters. The Morgan fingerprint density at radius 3 is 2.93 bits per heavy atom. The van der Waals surface area contributed by atoms with Gasteiger partial charge in [0.15, 0.2) is 0 Å². The Balaban J connectivity index is 1.42. The second-order valence-corrected chi connectivity index (χ2v) is 7.77. The summed E-state index contributed by atoms with van der Waals surface area (Å²) < 4.78 is 5.36. The van der Waals surface area contributed by atoms with E-state index in [2.05, 4.69) is 25.5 Å². The monoisotopic (exact) mass is 406 g/mol. The fourth-order valence-electron chi connectivity index (χ4n) is 4.30. The van der Waals surface area contributed by atoms with Crippen molar-refractivity contribution in [2.24, 2.45) is 0 Å². The minimum atomic E-state index is -0.142. The molecule has 30 heavy (non-hydrogen) atoms. The highest BCUT2D eigenvalue weighted by Gasteiger charge is 2.28. The van der Waals surface area contributed by atoms with Crippen molar-refractivity contribution in [3.63, 3.8) is 0 Å². The largest absolute Gasteiger partial charge is 0.495 e. The van der Waals surface area contributed by atoms with Crippen molar-refractivity contribution >= 4 is 40.2 Å². The number of aromatic nitrogens is 3. The van der Waals surface area contributed by atoms with Gasteiger partial charge in [0, 0.05) is 24.8 Å². The van der Waals surface area contributed by atoms with E-state index >= 15 is 0 Å². The molecular weight excluding hydrogens is 380 g/mol. The molecular formula is C22H26N6O2. The first-order chi connectivity index (χ1) is 14.7. The minimum Gasteiger partial charge on any atom is -0.495 e. The summed E-state index contributed by atoms with van der Waals surface area (Å²) in [5, 5.41) is 6.35. The molecule has 0 spiro atoms. The molecule has 156 valence electrons. The summed E-state index contributed by atoms with van der Waals surface area (Å²) >= 11 is 0. The van der Waals surface area contributed by atoms with Gasteiger partial charge in [-0.1, -0.05) is 6.42 Å². The van der Waals surface area contributed by atoms with Gasteiger partial charge in [0.05, 0.1) is 29.6 Å². The van der Waals surface area contributed by atoms with Crippen LogP contribution in [0.5, 0.6) is 5.75 Å². The zero-order valence-electron chi connectivity index (χ0n) is 17.0. The average molecular weight is 406 g/mol. The van der Waals surface area contributed by atoms with Crippen LogP contribution in [0, 0.1) is 0 Å². The topological polar surface area (TPSA) is 98.1 Å². The number of rotatable bonds is 6. The predicted octanol–water partition coefficient (Wildman–Crippen LogP) is 3.29. The fraction of sp³-hybridized carbons (Fsp3) is 0.364. The number of nitrogens with zero attached hydrogens (tertiary/aromatic N) is 2. The van der Waals surface area contributed by atoms with Gasteiger partial charge >= 0.3 is 0 Å². The lowest BCUT2D eigenvalue weighted by atomic mass is 10.0. The maximum atomic E-state index is 12.7. The highest BCUT2D eigenvalue weighted by atomic mass is 16.5. The normalized spacial score (nSPS) is 18.0. The number of carbonyl (C=O) groups is 1. The molecule has 0 saturated carbocycles. The summed E-state index contributed by atoms with van der Waals surface area (Å²) in [5.41, 5.74) is 4.59. The number of nitrogens with one attached hydrogen (secondary N) is 4. The average Bonchev–Trinajstić information content (AvgIpc) is 3.46. The van der Waals surface area contributed by atoms with Crippen LogP contribution in [0.25, 0.3) is 22.7 Å². The Morgan fingerprint density at radius 2 is 2.10 bits per heavy atom. The number of likely N-dealkylation sites (tertiary alicyclic amines) is 1. The van der Waals surface area contributed by atoms with E-state index in [4.69, 9.17) is 9.72 Å². The van der Waals surface area contributed by atoms with Gasteiger partial charge in [0.2, 0.25) is 5.95 Å². The quantitative estimate of drug-likeness (QED) is 0.471. The minimum absolute atomic E-state index is 0.142. The molecule has 5 rings (SSSR count). The molecule has 8 heteroatoms. The Kier molecular flexibility index (Phi) is 4.92. The van der Waals surface area contributed by atoms with Gasteiger partial charge in [-0.25, -0.2) is 4.98 Å². The van der Waals surface area contributed by atoms with E-state index in [1.807, 2.05) is 24.3 Å². The summed E-state index contributed by atoms with van der Waals surface area (Å²) in [5.74, 6) is 1.28. The van der Waals surface area contributed by atoms with E-state index in [-0.39, 0.29) is 5.91 Å². The molecule has 1 aromatic carbocycles. The SMILES string of the molecule is COc1cc[nH]c1/C=C1\C(=O)Nc2ccc3[nH]c(NCCN4CCCCC4)nc3c21. The molecule has 1 saturated heterocycles. The maximum Gasteiger partial charge on any atom is 0.256 e. The third-order valence-corrected chi connectivity index (χ3v) is 5.83. The third kappa shape index (κ3) is 3.43. The van der Waals surface area contributed by atoms with Crippen LogP contribution in [0.3, 0.4) is 0 Å². The van der Waals surface area contributed by atoms with E-state index in [9.17, 15) is 4.79 Å². The molecule has 1 amide bonds. The number of hydrogen-bond acceptors (Lipinski definition) is 5. The molecule has 4 N–H and O–H groups in total. The van der Waals surface area contributed by atoms with Crippen LogP contribution in [-0.4, -0.2) is 59.0 Å². The Morgan fingerprint density at radius 1 is 1.23 bits per heavy atom. The summed E-state index contributed by atoms with van der Waals surface area (Å²) in [6.07, 6.45) is 7.53. The number of amides is 1. The maximum absolute atomic E-state index is 12.7. The molecule has 8 nitrogen and oxygen atoms in total. The summed E-state index contributed by atoms with van der Waals surface area (Å²) in [6, 6.07) is 5.70. The van der Waals surface area contributed by atoms with E-state index in [0.29, 0.717) is 11.3 Å². The first-order valence-corrected chi connectivity index (χ1v) is 10.5. The molecule has 2 aromatic heterocycles. The molecule has 0 aliphatic carbocycles. The Labute approximate surface area is 174 Å². The van der Waals surface area contributed by atoms with Crippen LogP contribution in [0.1, 0.15) is 30.5 Å². The molecule has 0 bridgehead atoms. The summed E-state index contributed by atoms with van der Waals surface area (Å²) in [7, 11) is 1.61. The number of anilines is 2. The van der Waals surface area contributed by atoms with Crippen LogP contribution < -0.4 is 15.4 Å². The highest BCUT2D eigenvalue weighted by Crippen LogP contribution is 2.39. The van der Waals surface area contributed by atoms with Crippen molar-refractivity contribution in [1.29, 1.82) is 0 Å². The molecule has 0 radical (unpaired) electrons. The van der Waals surface area contributed by atoms with Gasteiger partial charge in [0.25, 0.3) is 5.91 Å². The van der Waals surface area contributed by atoms with Crippen molar-refractivity contribution in [3.05, 3.63) is 35.7 Å². The summed E-state index contributed by atoms with van der Waals surface area (Å²) in [4.78, 5) is 26.4. The van der Waals surface area contributed by atoms with Crippen LogP contribution in [0.15, 0.2) is 24.4 Å². The molecule has 1 fully saturated rings. The van der Waals surface area contributed by atoms with E-state index in [1.165, 1.54) is 32.4 Å². The number of hydrogen-bond donors (Lipinski definition) is 4. The van der Waals surface area contributed by atoms with E-state index < -0.39 is 0 Å². The number of piperidine rings is 1. The van der Waals surface area contributed by atoms with E-state index in [0.717, 1.165) is 47.0 Å². The second kappa shape index (κ2) is 7.87. The fourth-order valence-corrected chi connectivity index (χ4v) is 4.30. The standard InChI is InChI=1S/C22H26N6O2/c1-30-18-7-8-23-17(18)13-14-19-15(25-21(14)29)5-6-16-20(19)27-22(26-16)24-9-12-28-10-3-2-4-11-28/h5-8,13,23H,2-4,9-12H2,1H3,(H,25,29)(H2,24,26,27)/b14-13-. The second-order valence-electron chi connectivity index (χ2n) is 7.77. The number of methoxy groups -OCH3 is 1. The number of H-pyrrole nitrogens is 2. The predicted molar refractivity (Wildman–Crippen MR) is 119 cm³/mol. The van der Waals surface area contributed by atoms with Crippen molar-refractivity contribution in [1.82, 2.24) is 19.9 Å². The molecule has 4 heterocycles.